The lowest BCUT2D eigenvalue weighted by atomic mass is 10.0. The molecule has 0 aliphatic carbocycles. The zero-order valence-corrected chi connectivity index (χ0v) is 12.8. The third kappa shape index (κ3) is 3.47. The van der Waals surface area contributed by atoms with Gasteiger partial charge in [-0.3, -0.25) is 4.98 Å². The molecule has 0 aliphatic heterocycles. The molecule has 0 saturated heterocycles. The highest BCUT2D eigenvalue weighted by Gasteiger charge is 2.30. The van der Waals surface area contributed by atoms with Crippen molar-refractivity contribution in [1.82, 2.24) is 10.3 Å². The Kier molecular flexibility index (Phi) is 4.86. The van der Waals surface area contributed by atoms with Gasteiger partial charge in [-0.25, -0.2) is 0 Å². The van der Waals surface area contributed by atoms with E-state index in [2.05, 4.69) is 17.2 Å². The molecular formula is C17H19F3N2. The molecular weight excluding hydrogens is 289 g/mol. The van der Waals surface area contributed by atoms with E-state index >= 15 is 0 Å². The highest BCUT2D eigenvalue weighted by Crippen LogP contribution is 2.32. The summed E-state index contributed by atoms with van der Waals surface area (Å²) in [7, 11) is 1.88. The van der Waals surface area contributed by atoms with E-state index in [1.165, 1.54) is 6.07 Å². The topological polar surface area (TPSA) is 24.9 Å². The summed E-state index contributed by atoms with van der Waals surface area (Å²) in [5, 5.41) is 3.21. The van der Waals surface area contributed by atoms with Crippen molar-refractivity contribution in [3.63, 3.8) is 0 Å². The van der Waals surface area contributed by atoms with E-state index in [0.717, 1.165) is 29.8 Å². The minimum Gasteiger partial charge on any atom is -0.313 e. The fraction of sp³-hybridized carbons (Fsp3) is 0.353. The number of aryl methyl sites for hydroxylation is 1. The van der Waals surface area contributed by atoms with Gasteiger partial charge in [0.05, 0.1) is 11.3 Å². The van der Waals surface area contributed by atoms with Gasteiger partial charge in [-0.15, -0.1) is 0 Å². The van der Waals surface area contributed by atoms with Gasteiger partial charge in [0.2, 0.25) is 0 Å². The van der Waals surface area contributed by atoms with Gasteiger partial charge in [-0.1, -0.05) is 25.1 Å². The van der Waals surface area contributed by atoms with Crippen LogP contribution in [0.15, 0.2) is 36.4 Å². The third-order valence-electron chi connectivity index (χ3n) is 3.74. The number of nitrogens with zero attached hydrogens (tertiary/aromatic N) is 1. The van der Waals surface area contributed by atoms with Crippen LogP contribution in [0.3, 0.4) is 0 Å². The number of pyridine rings is 1. The van der Waals surface area contributed by atoms with Crippen LogP contribution in [-0.2, 0) is 6.18 Å². The zero-order valence-electron chi connectivity index (χ0n) is 12.8. The lowest BCUT2D eigenvalue weighted by molar-refractivity contribution is -0.137. The molecule has 0 fully saturated rings. The number of aromatic nitrogens is 1. The second-order valence-corrected chi connectivity index (χ2v) is 5.20. The number of alkyl halides is 3. The molecule has 1 atom stereocenters. The molecule has 0 radical (unpaired) electrons. The molecule has 1 N–H and O–H groups in total. The summed E-state index contributed by atoms with van der Waals surface area (Å²) in [6.07, 6.45) is -3.42. The Hall–Kier alpha value is -1.88. The Morgan fingerprint density at radius 2 is 1.91 bits per heavy atom. The van der Waals surface area contributed by atoms with E-state index in [-0.39, 0.29) is 6.04 Å². The van der Waals surface area contributed by atoms with Gasteiger partial charge in [-0.05, 0) is 44.2 Å². The first kappa shape index (κ1) is 16.5. The molecule has 0 aliphatic rings. The van der Waals surface area contributed by atoms with E-state index in [0.29, 0.717) is 11.3 Å². The van der Waals surface area contributed by atoms with Crippen LogP contribution in [0.1, 0.15) is 36.2 Å². The first-order valence-electron chi connectivity index (χ1n) is 7.19. The predicted molar refractivity (Wildman–Crippen MR) is 81.5 cm³/mol. The van der Waals surface area contributed by atoms with Crippen LogP contribution in [0, 0.1) is 6.92 Å². The van der Waals surface area contributed by atoms with Gasteiger partial charge in [0.1, 0.15) is 0 Å². The van der Waals surface area contributed by atoms with Crippen LogP contribution >= 0.6 is 0 Å². The van der Waals surface area contributed by atoms with E-state index in [9.17, 15) is 13.2 Å². The normalized spacial score (nSPS) is 13.2. The Morgan fingerprint density at radius 3 is 2.45 bits per heavy atom. The van der Waals surface area contributed by atoms with Gasteiger partial charge in [0.15, 0.2) is 0 Å². The quantitative estimate of drug-likeness (QED) is 0.882. The van der Waals surface area contributed by atoms with E-state index in [4.69, 9.17) is 0 Å². The van der Waals surface area contributed by atoms with Crippen molar-refractivity contribution in [3.05, 3.63) is 53.2 Å². The van der Waals surface area contributed by atoms with Crippen LogP contribution < -0.4 is 5.32 Å². The minimum atomic E-state index is -4.34. The van der Waals surface area contributed by atoms with Crippen molar-refractivity contribution in [2.45, 2.75) is 32.5 Å². The molecule has 0 saturated carbocycles. The molecule has 1 heterocycles. The first-order valence-corrected chi connectivity index (χ1v) is 7.19. The minimum absolute atomic E-state index is 0.197. The molecule has 118 valence electrons. The summed E-state index contributed by atoms with van der Waals surface area (Å²) in [5.41, 5.74) is 2.27. The van der Waals surface area contributed by atoms with E-state index in [1.54, 1.807) is 12.1 Å². The number of rotatable bonds is 4. The molecule has 0 bridgehead atoms. The molecule has 1 aromatic carbocycles. The monoisotopic (exact) mass is 308 g/mol. The number of halogens is 3. The zero-order chi connectivity index (χ0) is 16.3. The van der Waals surface area contributed by atoms with Crippen molar-refractivity contribution >= 4 is 0 Å². The summed E-state index contributed by atoms with van der Waals surface area (Å²) >= 11 is 0. The first-order chi connectivity index (χ1) is 10.4. The summed E-state index contributed by atoms with van der Waals surface area (Å²) in [4.78, 5) is 4.48. The van der Waals surface area contributed by atoms with Gasteiger partial charge >= 0.3 is 6.18 Å². The van der Waals surface area contributed by atoms with Gasteiger partial charge in [0, 0.05) is 17.3 Å². The van der Waals surface area contributed by atoms with Crippen LogP contribution in [0.2, 0.25) is 0 Å². The average molecular weight is 308 g/mol. The molecule has 2 aromatic rings. The Bertz CT molecular complexity index is 647. The second kappa shape index (κ2) is 6.48. The fourth-order valence-corrected chi connectivity index (χ4v) is 2.54. The van der Waals surface area contributed by atoms with Crippen molar-refractivity contribution in [1.29, 1.82) is 0 Å². The fourth-order valence-electron chi connectivity index (χ4n) is 2.54. The lowest BCUT2D eigenvalue weighted by Crippen LogP contribution is -2.16. The van der Waals surface area contributed by atoms with Crippen LogP contribution in [0.5, 0.6) is 0 Å². The van der Waals surface area contributed by atoms with Crippen LogP contribution in [0.4, 0.5) is 13.2 Å². The van der Waals surface area contributed by atoms with Crippen molar-refractivity contribution in [3.8, 4) is 11.3 Å². The van der Waals surface area contributed by atoms with Gasteiger partial charge < -0.3 is 5.32 Å². The smallest absolute Gasteiger partial charge is 0.313 e. The number of hydrogen-bond acceptors (Lipinski definition) is 2. The van der Waals surface area contributed by atoms with Crippen LogP contribution in [0.25, 0.3) is 11.3 Å². The summed E-state index contributed by atoms with van der Waals surface area (Å²) < 4.78 is 38.4. The Balaban J connectivity index is 2.40. The maximum atomic E-state index is 12.8. The molecule has 1 unspecified atom stereocenters. The van der Waals surface area contributed by atoms with E-state index < -0.39 is 11.7 Å². The summed E-state index contributed by atoms with van der Waals surface area (Å²) in [6, 6.07) is 9.16. The molecule has 2 rings (SSSR count). The number of hydrogen-bond donors (Lipinski definition) is 1. The highest BCUT2D eigenvalue weighted by molar-refractivity contribution is 5.61. The second-order valence-electron chi connectivity index (χ2n) is 5.20. The molecule has 2 nitrogen and oxygen atoms in total. The maximum Gasteiger partial charge on any atom is 0.416 e. The molecule has 22 heavy (non-hydrogen) atoms. The average Bonchev–Trinajstić information content (AvgIpc) is 2.49. The largest absolute Gasteiger partial charge is 0.416 e. The van der Waals surface area contributed by atoms with E-state index in [1.807, 2.05) is 20.0 Å². The van der Waals surface area contributed by atoms with Crippen LogP contribution in [-0.4, -0.2) is 12.0 Å². The highest BCUT2D eigenvalue weighted by atomic mass is 19.4. The summed E-state index contributed by atoms with van der Waals surface area (Å²) in [5.74, 6) is 0. The lowest BCUT2D eigenvalue weighted by Gasteiger charge is -2.17. The number of nitrogens with one attached hydrogen (secondary N) is 1. The Labute approximate surface area is 128 Å². The standard InChI is InChI=1S/C17H19F3N2/c1-4-15(21-3)14-8-9-16(22-11(14)2)12-6-5-7-13(10-12)17(18,19)20/h5-10,15,21H,4H2,1-3H3. The van der Waals surface area contributed by atoms with Gasteiger partial charge in [-0.2, -0.15) is 13.2 Å². The SMILES string of the molecule is CCC(NC)c1ccc(-c2cccc(C(F)(F)F)c2)nc1C. The molecule has 1 aromatic heterocycles. The Morgan fingerprint density at radius 1 is 1.18 bits per heavy atom. The van der Waals surface area contributed by atoms with Crippen molar-refractivity contribution < 1.29 is 13.2 Å². The third-order valence-corrected chi connectivity index (χ3v) is 3.74. The molecule has 5 heteroatoms. The van der Waals surface area contributed by atoms with Crippen molar-refractivity contribution in [2.24, 2.45) is 0 Å². The van der Waals surface area contributed by atoms with Gasteiger partial charge in [0.25, 0.3) is 0 Å². The molecule has 0 spiro atoms. The summed E-state index contributed by atoms with van der Waals surface area (Å²) in [6.45, 7) is 3.95. The predicted octanol–water partition coefficient (Wildman–Crippen LogP) is 4.75. The van der Waals surface area contributed by atoms with Crippen molar-refractivity contribution in [2.75, 3.05) is 7.05 Å². The maximum absolute atomic E-state index is 12.8. The number of benzene rings is 1. The molecule has 0 amide bonds.